The third-order valence-corrected chi connectivity index (χ3v) is 9.75. The Morgan fingerprint density at radius 1 is 0.833 bits per heavy atom. The number of ether oxygens (including phenoxy) is 4. The maximum Gasteiger partial charge on any atom is 0.417 e. The number of carbonyl (C=O) groups excluding carboxylic acids is 2. The number of alkyl halides is 9. The van der Waals surface area contributed by atoms with Crippen molar-refractivity contribution in [2.24, 2.45) is 5.41 Å². The number of amides is 1. The van der Waals surface area contributed by atoms with Crippen LogP contribution in [0.3, 0.4) is 0 Å². The van der Waals surface area contributed by atoms with Crippen LogP contribution < -0.4 is 9.47 Å². The molecule has 292 valence electrons. The van der Waals surface area contributed by atoms with E-state index in [9.17, 15) is 49.1 Å². The van der Waals surface area contributed by atoms with E-state index in [4.69, 9.17) is 18.9 Å². The first-order chi connectivity index (χ1) is 25.0. The normalized spacial score (nSPS) is 19.2. The number of esters is 1. The maximum atomic E-state index is 14.6. The summed E-state index contributed by atoms with van der Waals surface area (Å²) < 4.78 is 147. The lowest BCUT2D eigenvalue weighted by Crippen LogP contribution is -2.35. The van der Waals surface area contributed by atoms with Crippen LogP contribution >= 0.6 is 0 Å². The zero-order valence-corrected chi connectivity index (χ0v) is 29.9. The van der Waals surface area contributed by atoms with Crippen molar-refractivity contribution in [3.8, 4) is 22.6 Å². The van der Waals surface area contributed by atoms with Crippen molar-refractivity contribution in [1.82, 2.24) is 4.90 Å². The molecule has 0 spiro atoms. The fourth-order valence-corrected chi connectivity index (χ4v) is 6.99. The van der Waals surface area contributed by atoms with Gasteiger partial charge >= 0.3 is 30.6 Å². The third kappa shape index (κ3) is 8.11. The van der Waals surface area contributed by atoms with Gasteiger partial charge < -0.3 is 18.9 Å². The topological polar surface area (TPSA) is 74.3 Å². The van der Waals surface area contributed by atoms with Crippen LogP contribution in [-0.2, 0) is 28.0 Å². The predicted octanol–water partition coefficient (Wildman–Crippen LogP) is 10.8. The van der Waals surface area contributed by atoms with Gasteiger partial charge in [-0.25, -0.2) is 9.59 Å². The molecule has 7 nitrogen and oxygen atoms in total. The van der Waals surface area contributed by atoms with Crippen LogP contribution in [0.25, 0.3) is 16.7 Å². The number of allylic oxidation sites excluding steroid dienone is 1. The van der Waals surface area contributed by atoms with Gasteiger partial charge in [0.05, 0.1) is 44.1 Å². The van der Waals surface area contributed by atoms with E-state index in [1.807, 2.05) is 13.8 Å². The zero-order chi connectivity index (χ0) is 40.1. The number of halogens is 9. The summed E-state index contributed by atoms with van der Waals surface area (Å²) in [6, 6.07) is 5.98. The average molecular weight is 774 g/mol. The highest BCUT2D eigenvalue weighted by Gasteiger charge is 2.45. The summed E-state index contributed by atoms with van der Waals surface area (Å²) in [4.78, 5) is 26.8. The standard InChI is InChI=1S/C38H36F9NO6/c1-19-32(21-11-23(36(39,40)41)14-24(12-21)37(42,43)44)54-34(50)48(19)18-22-17-35(2,3)10-9-25(22)28-15-27(29(38(45,46)47)16-31(28)52-5)20-7-8-26(33(49)53-6)30(13-20)51-4/h7-8,11-16,19,32H,9-10,17-18H2,1-6H3/t19-,32-/m0/s1. The largest absolute Gasteiger partial charge is 0.496 e. The molecule has 16 heteroatoms. The molecule has 5 rings (SSSR count). The molecule has 0 N–H and O–H groups in total. The first kappa shape index (κ1) is 40.3. The summed E-state index contributed by atoms with van der Waals surface area (Å²) in [5, 5.41) is 0. The van der Waals surface area contributed by atoms with Crippen LogP contribution in [0, 0.1) is 5.41 Å². The average Bonchev–Trinajstić information content (AvgIpc) is 3.37. The van der Waals surface area contributed by atoms with Crippen LogP contribution in [0.1, 0.15) is 84.3 Å². The van der Waals surface area contributed by atoms with Gasteiger partial charge in [0.2, 0.25) is 0 Å². The molecule has 1 amide bonds. The van der Waals surface area contributed by atoms with Crippen LogP contribution in [-0.4, -0.2) is 50.9 Å². The lowest BCUT2D eigenvalue weighted by atomic mass is 9.72. The van der Waals surface area contributed by atoms with Crippen molar-refractivity contribution in [3.63, 3.8) is 0 Å². The molecule has 3 aromatic rings. The van der Waals surface area contributed by atoms with Crippen LogP contribution in [0.4, 0.5) is 44.3 Å². The molecule has 54 heavy (non-hydrogen) atoms. The van der Waals surface area contributed by atoms with Gasteiger partial charge in [-0.2, -0.15) is 39.5 Å². The molecule has 1 saturated heterocycles. The number of rotatable bonds is 8. The Balaban J connectivity index is 1.63. The molecule has 0 bridgehead atoms. The number of hydrogen-bond donors (Lipinski definition) is 0. The lowest BCUT2D eigenvalue weighted by molar-refractivity contribution is -0.143. The van der Waals surface area contributed by atoms with Crippen molar-refractivity contribution < 1.29 is 68.1 Å². The lowest BCUT2D eigenvalue weighted by Gasteiger charge is -2.36. The third-order valence-electron chi connectivity index (χ3n) is 9.75. The minimum absolute atomic E-state index is 0.0147. The van der Waals surface area contributed by atoms with Gasteiger partial charge in [0.1, 0.15) is 23.2 Å². The molecule has 0 unspecified atom stereocenters. The highest BCUT2D eigenvalue weighted by Crippen LogP contribution is 2.49. The predicted molar refractivity (Wildman–Crippen MR) is 178 cm³/mol. The fourth-order valence-electron chi connectivity index (χ4n) is 6.99. The second kappa shape index (κ2) is 14.4. The smallest absolute Gasteiger partial charge is 0.417 e. The summed E-state index contributed by atoms with van der Waals surface area (Å²) in [7, 11) is 3.59. The number of benzene rings is 3. The first-order valence-corrected chi connectivity index (χ1v) is 16.5. The quantitative estimate of drug-likeness (QED) is 0.168. The molecule has 2 aliphatic rings. The van der Waals surface area contributed by atoms with Gasteiger partial charge in [0, 0.05) is 12.1 Å². The monoisotopic (exact) mass is 773 g/mol. The number of carbonyl (C=O) groups is 2. The SMILES string of the molecule is COC(=O)c1ccc(-c2cc(C3=C(CN4C(=O)O[C@H](c5cc(C(F)(F)F)cc(C(F)(F)F)c5)[C@@H]4C)CC(C)(C)CC3)c(OC)cc2C(F)(F)F)cc1OC. The van der Waals surface area contributed by atoms with E-state index in [0.717, 1.165) is 13.2 Å². The van der Waals surface area contributed by atoms with Crippen molar-refractivity contribution in [2.75, 3.05) is 27.9 Å². The molecule has 1 aliphatic heterocycles. The molecule has 1 aliphatic carbocycles. The van der Waals surface area contributed by atoms with Gasteiger partial charge in [-0.15, -0.1) is 0 Å². The summed E-state index contributed by atoms with van der Waals surface area (Å²) in [6.45, 7) is 5.13. The molecular formula is C38H36F9NO6. The number of nitrogens with zero attached hydrogens (tertiary/aromatic N) is 1. The Labute approximate surface area is 304 Å². The van der Waals surface area contributed by atoms with Crippen molar-refractivity contribution in [2.45, 2.75) is 70.7 Å². The minimum Gasteiger partial charge on any atom is -0.496 e. The van der Waals surface area contributed by atoms with Gasteiger partial charge in [0.15, 0.2) is 0 Å². The second-order valence-corrected chi connectivity index (χ2v) is 13.9. The second-order valence-electron chi connectivity index (χ2n) is 13.9. The molecule has 0 aromatic heterocycles. The van der Waals surface area contributed by atoms with Crippen LogP contribution in [0.2, 0.25) is 0 Å². The van der Waals surface area contributed by atoms with Crippen molar-refractivity contribution >= 4 is 17.6 Å². The number of hydrogen-bond acceptors (Lipinski definition) is 6. The van der Waals surface area contributed by atoms with Crippen molar-refractivity contribution in [3.05, 3.63) is 87.5 Å². The van der Waals surface area contributed by atoms with E-state index in [-0.39, 0.29) is 51.8 Å². The van der Waals surface area contributed by atoms with E-state index in [0.29, 0.717) is 42.5 Å². The van der Waals surface area contributed by atoms with E-state index in [2.05, 4.69) is 0 Å². The summed E-state index contributed by atoms with van der Waals surface area (Å²) >= 11 is 0. The Morgan fingerprint density at radius 2 is 1.44 bits per heavy atom. The molecular weight excluding hydrogens is 737 g/mol. The number of cyclic esters (lactones) is 1. The zero-order valence-electron chi connectivity index (χ0n) is 29.9. The Morgan fingerprint density at radius 3 is 1.98 bits per heavy atom. The summed E-state index contributed by atoms with van der Waals surface area (Å²) in [6.07, 6.45) is -16.4. The molecule has 0 saturated carbocycles. The van der Waals surface area contributed by atoms with E-state index >= 15 is 0 Å². The molecule has 2 atom stereocenters. The van der Waals surface area contributed by atoms with Crippen LogP contribution in [0.5, 0.6) is 11.5 Å². The van der Waals surface area contributed by atoms with Gasteiger partial charge in [-0.05, 0) is 102 Å². The Hall–Kier alpha value is -4.89. The first-order valence-electron chi connectivity index (χ1n) is 16.5. The van der Waals surface area contributed by atoms with Gasteiger partial charge in [0.25, 0.3) is 0 Å². The van der Waals surface area contributed by atoms with E-state index in [1.54, 1.807) is 0 Å². The Kier molecular flexibility index (Phi) is 10.7. The van der Waals surface area contributed by atoms with E-state index in [1.165, 1.54) is 50.3 Å². The molecule has 1 fully saturated rings. The highest BCUT2D eigenvalue weighted by molar-refractivity contribution is 5.94. The molecule has 0 radical (unpaired) electrons. The highest BCUT2D eigenvalue weighted by atomic mass is 19.4. The van der Waals surface area contributed by atoms with E-state index < -0.39 is 65.0 Å². The van der Waals surface area contributed by atoms with Gasteiger partial charge in [-0.1, -0.05) is 19.9 Å². The minimum atomic E-state index is -5.12. The van der Waals surface area contributed by atoms with Crippen LogP contribution in [0.15, 0.2) is 54.1 Å². The van der Waals surface area contributed by atoms with Gasteiger partial charge in [-0.3, -0.25) is 4.90 Å². The molecule has 3 aromatic carbocycles. The summed E-state index contributed by atoms with van der Waals surface area (Å²) in [5.41, 5.74) is -3.88. The maximum absolute atomic E-state index is 14.6. The number of methoxy groups -OCH3 is 3. The summed E-state index contributed by atoms with van der Waals surface area (Å²) in [5.74, 6) is -0.936. The Bertz CT molecular complexity index is 1950. The van der Waals surface area contributed by atoms with Crippen molar-refractivity contribution in [1.29, 1.82) is 0 Å². The fraction of sp³-hybridized carbons (Fsp3) is 0.421. The molecule has 1 heterocycles.